The highest BCUT2D eigenvalue weighted by Gasteiger charge is 2.50. The SMILES string of the molecule is Clc1ccccc1C1(n2cccn2)CO1. The molecule has 15 heavy (non-hydrogen) atoms. The van der Waals surface area contributed by atoms with Crippen molar-refractivity contribution in [2.45, 2.75) is 5.72 Å². The summed E-state index contributed by atoms with van der Waals surface area (Å²) in [5.74, 6) is 0. The molecule has 3 rings (SSSR count). The fourth-order valence-electron chi connectivity index (χ4n) is 1.74. The van der Waals surface area contributed by atoms with Crippen molar-refractivity contribution >= 4 is 11.6 Å². The van der Waals surface area contributed by atoms with Gasteiger partial charge in [0.05, 0.1) is 0 Å². The Morgan fingerprint density at radius 3 is 2.73 bits per heavy atom. The number of nitrogens with zero attached hydrogens (tertiary/aromatic N) is 2. The van der Waals surface area contributed by atoms with Crippen LogP contribution in [0.3, 0.4) is 0 Å². The number of benzene rings is 1. The summed E-state index contributed by atoms with van der Waals surface area (Å²) in [6, 6.07) is 9.57. The van der Waals surface area contributed by atoms with Crippen LogP contribution in [-0.4, -0.2) is 16.4 Å². The van der Waals surface area contributed by atoms with Gasteiger partial charge in [0.25, 0.3) is 0 Å². The van der Waals surface area contributed by atoms with E-state index in [0.717, 1.165) is 5.56 Å². The van der Waals surface area contributed by atoms with Crippen LogP contribution in [0.5, 0.6) is 0 Å². The summed E-state index contributed by atoms with van der Waals surface area (Å²) in [7, 11) is 0. The molecule has 0 amide bonds. The minimum Gasteiger partial charge on any atom is -0.342 e. The van der Waals surface area contributed by atoms with E-state index in [9.17, 15) is 0 Å². The highest BCUT2D eigenvalue weighted by molar-refractivity contribution is 6.31. The normalized spacial score (nSPS) is 24.1. The Balaban J connectivity index is 2.12. The minimum absolute atomic E-state index is 0.470. The van der Waals surface area contributed by atoms with Crippen molar-refractivity contribution in [3.8, 4) is 0 Å². The molecule has 2 heterocycles. The summed E-state index contributed by atoms with van der Waals surface area (Å²) in [6.45, 7) is 0.623. The van der Waals surface area contributed by atoms with Gasteiger partial charge in [-0.3, -0.25) is 0 Å². The second-order valence-corrected chi connectivity index (χ2v) is 3.91. The van der Waals surface area contributed by atoms with Crippen molar-refractivity contribution in [2.75, 3.05) is 6.61 Å². The van der Waals surface area contributed by atoms with Crippen LogP contribution in [0.15, 0.2) is 42.7 Å². The average molecular weight is 221 g/mol. The Kier molecular flexibility index (Phi) is 1.84. The van der Waals surface area contributed by atoms with E-state index < -0.39 is 5.72 Å². The lowest BCUT2D eigenvalue weighted by Crippen LogP contribution is -2.21. The molecule has 3 nitrogen and oxygen atoms in total. The first kappa shape index (κ1) is 8.95. The third-order valence-corrected chi connectivity index (χ3v) is 2.92. The number of hydrogen-bond acceptors (Lipinski definition) is 2. The van der Waals surface area contributed by atoms with Gasteiger partial charge in [-0.25, -0.2) is 4.68 Å². The summed E-state index contributed by atoms with van der Waals surface area (Å²) < 4.78 is 7.32. The number of epoxide rings is 1. The molecule has 4 heteroatoms. The molecule has 0 spiro atoms. The van der Waals surface area contributed by atoms with Crippen LogP contribution in [-0.2, 0) is 10.5 Å². The topological polar surface area (TPSA) is 30.4 Å². The lowest BCUT2D eigenvalue weighted by molar-refractivity contribution is 0.250. The minimum atomic E-state index is -0.470. The maximum atomic E-state index is 6.14. The number of aromatic nitrogens is 2. The molecule has 1 aliphatic rings. The Morgan fingerprint density at radius 1 is 1.33 bits per heavy atom. The zero-order chi connectivity index (χ0) is 10.3. The molecular formula is C11H9ClN2O. The van der Waals surface area contributed by atoms with E-state index in [1.165, 1.54) is 0 Å². The van der Waals surface area contributed by atoms with Gasteiger partial charge < -0.3 is 4.74 Å². The molecule has 1 unspecified atom stereocenters. The predicted octanol–water partition coefficient (Wildman–Crippen LogP) is 2.27. The van der Waals surface area contributed by atoms with Crippen molar-refractivity contribution in [1.29, 1.82) is 0 Å². The molecule has 76 valence electrons. The van der Waals surface area contributed by atoms with E-state index in [2.05, 4.69) is 5.10 Å². The molecule has 1 atom stereocenters. The van der Waals surface area contributed by atoms with Crippen molar-refractivity contribution < 1.29 is 4.74 Å². The first-order chi connectivity index (χ1) is 7.33. The fourth-order valence-corrected chi connectivity index (χ4v) is 2.02. The van der Waals surface area contributed by atoms with Crippen molar-refractivity contribution in [2.24, 2.45) is 0 Å². The smallest absolute Gasteiger partial charge is 0.211 e. The van der Waals surface area contributed by atoms with Crippen LogP contribution in [0.1, 0.15) is 5.56 Å². The molecule has 1 aliphatic heterocycles. The second-order valence-electron chi connectivity index (χ2n) is 3.50. The van der Waals surface area contributed by atoms with Gasteiger partial charge in [-0.15, -0.1) is 0 Å². The first-order valence-electron chi connectivity index (χ1n) is 4.72. The molecule has 1 fully saturated rings. The highest BCUT2D eigenvalue weighted by Crippen LogP contribution is 2.42. The van der Waals surface area contributed by atoms with Gasteiger partial charge in [0, 0.05) is 23.0 Å². The van der Waals surface area contributed by atoms with Crippen molar-refractivity contribution in [3.05, 3.63) is 53.3 Å². The molecule has 0 saturated carbocycles. The van der Waals surface area contributed by atoms with E-state index in [4.69, 9.17) is 16.3 Å². The Bertz CT molecular complexity index is 477. The van der Waals surface area contributed by atoms with Crippen molar-refractivity contribution in [3.63, 3.8) is 0 Å². The standard InChI is InChI=1S/C11H9ClN2O/c12-10-5-2-1-4-9(10)11(8-15-11)14-7-3-6-13-14/h1-7H,8H2. The maximum absolute atomic E-state index is 6.14. The molecule has 1 saturated heterocycles. The lowest BCUT2D eigenvalue weighted by atomic mass is 10.1. The number of rotatable bonds is 2. The van der Waals surface area contributed by atoms with Crippen LogP contribution in [0.4, 0.5) is 0 Å². The zero-order valence-electron chi connectivity index (χ0n) is 7.93. The van der Waals surface area contributed by atoms with E-state index in [0.29, 0.717) is 11.6 Å². The summed E-state index contributed by atoms with van der Waals surface area (Å²) >= 11 is 6.14. The Morgan fingerprint density at radius 2 is 2.13 bits per heavy atom. The van der Waals surface area contributed by atoms with Crippen LogP contribution < -0.4 is 0 Å². The van der Waals surface area contributed by atoms with Gasteiger partial charge in [0.2, 0.25) is 5.72 Å². The van der Waals surface area contributed by atoms with Gasteiger partial charge in [-0.2, -0.15) is 5.10 Å². The lowest BCUT2D eigenvalue weighted by Gasteiger charge is -2.14. The maximum Gasteiger partial charge on any atom is 0.211 e. The molecule has 0 radical (unpaired) electrons. The van der Waals surface area contributed by atoms with Gasteiger partial charge in [0.15, 0.2) is 0 Å². The van der Waals surface area contributed by atoms with Crippen molar-refractivity contribution in [1.82, 2.24) is 9.78 Å². The van der Waals surface area contributed by atoms with Crippen LogP contribution in [0.25, 0.3) is 0 Å². The van der Waals surface area contributed by atoms with Gasteiger partial charge in [-0.05, 0) is 12.1 Å². The summed E-state index contributed by atoms with van der Waals surface area (Å²) in [6.07, 6.45) is 3.62. The summed E-state index contributed by atoms with van der Waals surface area (Å²) in [4.78, 5) is 0. The molecule has 0 N–H and O–H groups in total. The van der Waals surface area contributed by atoms with Gasteiger partial charge in [0.1, 0.15) is 6.61 Å². The van der Waals surface area contributed by atoms with Crippen LogP contribution in [0.2, 0.25) is 5.02 Å². The number of ether oxygens (including phenoxy) is 1. The Hall–Kier alpha value is -1.32. The quantitative estimate of drug-likeness (QED) is 0.727. The Labute approximate surface area is 92.2 Å². The van der Waals surface area contributed by atoms with Crippen LogP contribution >= 0.6 is 11.6 Å². The van der Waals surface area contributed by atoms with Gasteiger partial charge >= 0.3 is 0 Å². The molecular weight excluding hydrogens is 212 g/mol. The third kappa shape index (κ3) is 1.28. The molecule has 1 aromatic carbocycles. The second kappa shape index (κ2) is 3.08. The monoisotopic (exact) mass is 220 g/mol. The summed E-state index contributed by atoms with van der Waals surface area (Å²) in [5, 5.41) is 4.91. The summed E-state index contributed by atoms with van der Waals surface area (Å²) in [5.41, 5.74) is 0.498. The fraction of sp³-hybridized carbons (Fsp3) is 0.182. The number of halogens is 1. The van der Waals surface area contributed by atoms with Crippen LogP contribution in [0, 0.1) is 0 Å². The average Bonchev–Trinajstić information content (AvgIpc) is 2.87. The van der Waals surface area contributed by atoms with Gasteiger partial charge in [-0.1, -0.05) is 29.8 Å². The third-order valence-electron chi connectivity index (χ3n) is 2.59. The van der Waals surface area contributed by atoms with E-state index in [1.54, 1.807) is 10.9 Å². The van der Waals surface area contributed by atoms with E-state index >= 15 is 0 Å². The first-order valence-corrected chi connectivity index (χ1v) is 5.10. The molecule has 0 aliphatic carbocycles. The largest absolute Gasteiger partial charge is 0.342 e. The molecule has 1 aromatic heterocycles. The van der Waals surface area contributed by atoms with E-state index in [-0.39, 0.29) is 0 Å². The molecule has 0 bridgehead atoms. The predicted molar refractivity (Wildman–Crippen MR) is 56.7 cm³/mol. The highest BCUT2D eigenvalue weighted by atomic mass is 35.5. The zero-order valence-corrected chi connectivity index (χ0v) is 8.69. The van der Waals surface area contributed by atoms with E-state index in [1.807, 2.05) is 36.5 Å². The molecule has 2 aromatic rings. The number of hydrogen-bond donors (Lipinski definition) is 0.